The molecule has 0 radical (unpaired) electrons. The van der Waals surface area contributed by atoms with Crippen LogP contribution in [0.5, 0.6) is 11.6 Å². The maximum atomic E-state index is 8.83. The number of nitrogens with one attached hydrogen (secondary N) is 1. The first-order valence-corrected chi connectivity index (χ1v) is 5.77. The van der Waals surface area contributed by atoms with E-state index in [0.717, 1.165) is 6.54 Å². The number of ether oxygens (including phenoxy) is 1. The van der Waals surface area contributed by atoms with Gasteiger partial charge in [0.15, 0.2) is 0 Å². The Labute approximate surface area is 110 Å². The molecule has 0 atom stereocenters. The number of nitrogens with zero attached hydrogens (tertiary/aromatic N) is 3. The van der Waals surface area contributed by atoms with Gasteiger partial charge in [-0.2, -0.15) is 15.2 Å². The number of nitrogens with two attached hydrogens (primary N) is 1. The predicted octanol–water partition coefficient (Wildman–Crippen LogP) is 2.15. The van der Waals surface area contributed by atoms with Gasteiger partial charge in [-0.3, -0.25) is 0 Å². The van der Waals surface area contributed by atoms with E-state index in [2.05, 4.69) is 15.3 Å². The Kier molecular flexibility index (Phi) is 3.78. The Balaban J connectivity index is 2.25. The zero-order chi connectivity index (χ0) is 13.7. The van der Waals surface area contributed by atoms with Crippen LogP contribution in [-0.2, 0) is 0 Å². The third-order valence-electron chi connectivity index (χ3n) is 2.26. The molecule has 96 valence electrons. The van der Waals surface area contributed by atoms with Crippen molar-refractivity contribution in [2.24, 2.45) is 0 Å². The molecule has 0 saturated carbocycles. The van der Waals surface area contributed by atoms with Crippen LogP contribution in [0, 0.1) is 11.3 Å². The van der Waals surface area contributed by atoms with Gasteiger partial charge >= 0.3 is 0 Å². The van der Waals surface area contributed by atoms with Crippen molar-refractivity contribution in [2.75, 3.05) is 17.6 Å². The molecule has 0 amide bonds. The molecular formula is C13H13N5O. The zero-order valence-corrected chi connectivity index (χ0v) is 10.4. The van der Waals surface area contributed by atoms with Crippen molar-refractivity contribution >= 4 is 11.8 Å². The second kappa shape index (κ2) is 5.69. The molecule has 0 aliphatic heterocycles. The third-order valence-corrected chi connectivity index (χ3v) is 2.26. The van der Waals surface area contributed by atoms with Crippen LogP contribution in [0.1, 0.15) is 12.5 Å². The highest BCUT2D eigenvalue weighted by atomic mass is 16.5. The van der Waals surface area contributed by atoms with Crippen molar-refractivity contribution in [2.45, 2.75) is 6.92 Å². The van der Waals surface area contributed by atoms with Gasteiger partial charge < -0.3 is 15.8 Å². The van der Waals surface area contributed by atoms with Gasteiger partial charge in [-0.1, -0.05) is 6.07 Å². The van der Waals surface area contributed by atoms with Gasteiger partial charge in [0.25, 0.3) is 0 Å². The van der Waals surface area contributed by atoms with Crippen LogP contribution in [0.25, 0.3) is 0 Å². The molecule has 0 aliphatic carbocycles. The number of nitriles is 1. The number of rotatable bonds is 4. The number of hydrogen-bond acceptors (Lipinski definition) is 6. The molecule has 0 bridgehead atoms. The summed E-state index contributed by atoms with van der Waals surface area (Å²) in [5.74, 6) is 1.59. The van der Waals surface area contributed by atoms with Crippen LogP contribution in [-0.4, -0.2) is 16.5 Å². The van der Waals surface area contributed by atoms with E-state index >= 15 is 0 Å². The van der Waals surface area contributed by atoms with Crippen molar-refractivity contribution in [1.29, 1.82) is 5.26 Å². The van der Waals surface area contributed by atoms with Crippen molar-refractivity contribution < 1.29 is 4.74 Å². The van der Waals surface area contributed by atoms with E-state index in [1.807, 2.05) is 13.0 Å². The molecular weight excluding hydrogens is 242 g/mol. The van der Waals surface area contributed by atoms with Crippen molar-refractivity contribution in [3.05, 3.63) is 35.9 Å². The molecule has 2 rings (SSSR count). The van der Waals surface area contributed by atoms with Crippen LogP contribution >= 0.6 is 0 Å². The summed E-state index contributed by atoms with van der Waals surface area (Å²) in [6.07, 6.45) is 0. The molecule has 3 N–H and O–H groups in total. The van der Waals surface area contributed by atoms with Gasteiger partial charge in [0.05, 0.1) is 11.6 Å². The van der Waals surface area contributed by atoms with Crippen molar-refractivity contribution in [3.8, 4) is 17.7 Å². The standard InChI is InChI=1S/C13H13N5O/c1-2-16-11-7-12(18-13(15)17-11)19-10-5-3-4-9(6-10)8-14/h3-7H,2H2,1H3,(H3,15,16,17,18). The highest BCUT2D eigenvalue weighted by Crippen LogP contribution is 2.22. The maximum absolute atomic E-state index is 8.83. The second-order valence-electron chi connectivity index (χ2n) is 3.72. The summed E-state index contributed by atoms with van der Waals surface area (Å²) in [7, 11) is 0. The van der Waals surface area contributed by atoms with E-state index in [4.69, 9.17) is 15.7 Å². The summed E-state index contributed by atoms with van der Waals surface area (Å²) in [4.78, 5) is 8.01. The monoisotopic (exact) mass is 255 g/mol. The van der Waals surface area contributed by atoms with E-state index < -0.39 is 0 Å². The Hall–Kier alpha value is -2.81. The van der Waals surface area contributed by atoms with Gasteiger partial charge in [-0.25, -0.2) is 0 Å². The quantitative estimate of drug-likeness (QED) is 0.868. The lowest BCUT2D eigenvalue weighted by Crippen LogP contribution is -2.04. The minimum absolute atomic E-state index is 0.130. The second-order valence-corrected chi connectivity index (χ2v) is 3.72. The number of aromatic nitrogens is 2. The summed E-state index contributed by atoms with van der Waals surface area (Å²) in [5.41, 5.74) is 6.12. The fourth-order valence-electron chi connectivity index (χ4n) is 1.52. The molecule has 2 aromatic rings. The first-order valence-electron chi connectivity index (χ1n) is 5.77. The fraction of sp³-hybridized carbons (Fsp3) is 0.154. The van der Waals surface area contributed by atoms with E-state index in [0.29, 0.717) is 23.0 Å². The molecule has 0 fully saturated rings. The van der Waals surface area contributed by atoms with E-state index in [-0.39, 0.29) is 5.95 Å². The van der Waals surface area contributed by atoms with Crippen LogP contribution in [0.3, 0.4) is 0 Å². The van der Waals surface area contributed by atoms with Gasteiger partial charge in [-0.05, 0) is 25.1 Å². The minimum Gasteiger partial charge on any atom is -0.439 e. The summed E-state index contributed by atoms with van der Waals surface area (Å²) in [5, 5.41) is 11.9. The number of anilines is 2. The Morgan fingerprint density at radius 1 is 1.37 bits per heavy atom. The summed E-state index contributed by atoms with van der Waals surface area (Å²) in [6, 6.07) is 10.5. The van der Waals surface area contributed by atoms with Crippen LogP contribution in [0.2, 0.25) is 0 Å². The van der Waals surface area contributed by atoms with E-state index in [9.17, 15) is 0 Å². The van der Waals surface area contributed by atoms with Crippen LogP contribution < -0.4 is 15.8 Å². The third kappa shape index (κ3) is 3.33. The minimum atomic E-state index is 0.130. The summed E-state index contributed by atoms with van der Waals surface area (Å²) >= 11 is 0. The average molecular weight is 255 g/mol. The maximum Gasteiger partial charge on any atom is 0.226 e. The van der Waals surface area contributed by atoms with Crippen LogP contribution in [0.15, 0.2) is 30.3 Å². The molecule has 1 aromatic carbocycles. The topological polar surface area (TPSA) is 96.8 Å². The predicted molar refractivity (Wildman–Crippen MR) is 71.8 cm³/mol. The van der Waals surface area contributed by atoms with Gasteiger partial charge in [0.2, 0.25) is 11.8 Å². The van der Waals surface area contributed by atoms with Gasteiger partial charge in [-0.15, -0.1) is 0 Å². The Morgan fingerprint density at radius 3 is 2.95 bits per heavy atom. The largest absolute Gasteiger partial charge is 0.439 e. The Bertz CT molecular complexity index is 621. The highest BCUT2D eigenvalue weighted by Gasteiger charge is 2.04. The molecule has 0 aliphatic rings. The van der Waals surface area contributed by atoms with Gasteiger partial charge in [0, 0.05) is 12.6 Å². The van der Waals surface area contributed by atoms with Crippen LogP contribution in [0.4, 0.5) is 11.8 Å². The number of hydrogen-bond donors (Lipinski definition) is 2. The molecule has 0 saturated heterocycles. The van der Waals surface area contributed by atoms with Crippen molar-refractivity contribution in [3.63, 3.8) is 0 Å². The fourth-order valence-corrected chi connectivity index (χ4v) is 1.52. The normalized spacial score (nSPS) is 9.68. The molecule has 6 heteroatoms. The molecule has 1 aromatic heterocycles. The van der Waals surface area contributed by atoms with E-state index in [1.165, 1.54) is 0 Å². The highest BCUT2D eigenvalue weighted by molar-refractivity contribution is 5.44. The first kappa shape index (κ1) is 12.6. The molecule has 6 nitrogen and oxygen atoms in total. The summed E-state index contributed by atoms with van der Waals surface area (Å²) < 4.78 is 5.57. The first-order chi connectivity index (χ1) is 9.21. The molecule has 19 heavy (non-hydrogen) atoms. The van der Waals surface area contributed by atoms with Crippen molar-refractivity contribution in [1.82, 2.24) is 9.97 Å². The van der Waals surface area contributed by atoms with E-state index in [1.54, 1.807) is 30.3 Å². The zero-order valence-electron chi connectivity index (χ0n) is 10.4. The summed E-state index contributed by atoms with van der Waals surface area (Å²) in [6.45, 7) is 2.68. The lowest BCUT2D eigenvalue weighted by molar-refractivity contribution is 0.463. The lowest BCUT2D eigenvalue weighted by Gasteiger charge is -2.08. The Morgan fingerprint density at radius 2 is 2.21 bits per heavy atom. The molecule has 0 unspecified atom stereocenters. The smallest absolute Gasteiger partial charge is 0.226 e. The lowest BCUT2D eigenvalue weighted by atomic mass is 10.2. The molecule has 1 heterocycles. The number of nitrogen functional groups attached to an aromatic ring is 1. The average Bonchev–Trinajstić information content (AvgIpc) is 2.38. The SMILES string of the molecule is CCNc1cc(Oc2cccc(C#N)c2)nc(N)n1. The number of benzene rings is 1. The van der Waals surface area contributed by atoms with Gasteiger partial charge in [0.1, 0.15) is 11.6 Å². The molecule has 0 spiro atoms.